The van der Waals surface area contributed by atoms with Gasteiger partial charge in [0.15, 0.2) is 0 Å². The summed E-state index contributed by atoms with van der Waals surface area (Å²) in [7, 11) is 2.28. The summed E-state index contributed by atoms with van der Waals surface area (Å²) in [5, 5.41) is 8.25. The van der Waals surface area contributed by atoms with Gasteiger partial charge in [-0.2, -0.15) is 5.26 Å². The number of unbranched alkanes of at least 4 members (excludes halogenated alkanes) is 2. The van der Waals surface area contributed by atoms with E-state index in [0.717, 1.165) is 19.4 Å². The quantitative estimate of drug-likeness (QED) is 0.222. The van der Waals surface area contributed by atoms with Crippen LogP contribution >= 0.6 is 0 Å². The molecule has 3 nitrogen and oxygen atoms in total. The van der Waals surface area contributed by atoms with Gasteiger partial charge in [-0.05, 0) is 53.4 Å². The van der Waals surface area contributed by atoms with E-state index >= 15 is 0 Å². The molecular weight excluding hydrogens is 413 g/mol. The van der Waals surface area contributed by atoms with Gasteiger partial charge in [0.05, 0.1) is 12.4 Å². The predicted octanol–water partition coefficient (Wildman–Crippen LogP) is 7.47. The number of rotatable bonds is 11. The average Bonchev–Trinajstić information content (AvgIpc) is 3.36. The van der Waals surface area contributed by atoms with Crippen molar-refractivity contribution in [3.05, 3.63) is 89.5 Å². The molecule has 0 aliphatic carbocycles. The lowest BCUT2D eigenvalue weighted by molar-refractivity contribution is 0.616. The standard InChI is InChI=1S/C22H31B.C8H11N3/c1-16(2)18-8-5-10-20(14-18)22(12-7-13-23)21-11-6-9-19(15-21)17(3)4;9-4-2-1-3-6-11-7-5-10-8-11/h5-6,8-11,14-17,22H,7,12-13,23H2,1-4H3;5,7-8H,1-3,6H2. The summed E-state index contributed by atoms with van der Waals surface area (Å²) in [4.78, 5) is 3.92. The number of hydrogen-bond donors (Lipinski definition) is 0. The van der Waals surface area contributed by atoms with Crippen molar-refractivity contribution >= 4 is 7.85 Å². The Morgan fingerprint density at radius 1 is 0.882 bits per heavy atom. The molecular formula is C30H42BN3. The first-order valence-electron chi connectivity index (χ1n) is 13.0. The highest BCUT2D eigenvalue weighted by Gasteiger charge is 2.16. The van der Waals surface area contributed by atoms with E-state index in [9.17, 15) is 0 Å². The number of imidazole rings is 1. The molecule has 2 aromatic carbocycles. The Labute approximate surface area is 208 Å². The summed E-state index contributed by atoms with van der Waals surface area (Å²) in [5.74, 6) is 1.69. The van der Waals surface area contributed by atoms with Gasteiger partial charge in [0.25, 0.3) is 0 Å². The van der Waals surface area contributed by atoms with Gasteiger partial charge in [0.1, 0.15) is 7.85 Å². The van der Waals surface area contributed by atoms with Crippen molar-refractivity contribution in [3.63, 3.8) is 0 Å². The van der Waals surface area contributed by atoms with Gasteiger partial charge in [-0.15, -0.1) is 0 Å². The second-order valence-electron chi connectivity index (χ2n) is 9.76. The van der Waals surface area contributed by atoms with E-state index in [4.69, 9.17) is 5.26 Å². The molecule has 0 atom stereocenters. The van der Waals surface area contributed by atoms with Gasteiger partial charge in [0.2, 0.25) is 0 Å². The number of nitriles is 1. The van der Waals surface area contributed by atoms with Crippen molar-refractivity contribution in [2.24, 2.45) is 0 Å². The number of nitrogens with zero attached hydrogens (tertiary/aromatic N) is 3. The first-order chi connectivity index (χ1) is 16.5. The highest BCUT2D eigenvalue weighted by Crippen LogP contribution is 2.33. The lowest BCUT2D eigenvalue weighted by Crippen LogP contribution is -2.04. The number of benzene rings is 2. The largest absolute Gasteiger partial charge is 0.337 e. The summed E-state index contributed by atoms with van der Waals surface area (Å²) in [5.41, 5.74) is 5.85. The molecule has 1 heterocycles. The molecule has 0 saturated heterocycles. The average molecular weight is 455 g/mol. The minimum atomic E-state index is 0.521. The fraction of sp³-hybridized carbons (Fsp3) is 0.467. The van der Waals surface area contributed by atoms with Crippen LogP contribution in [0.1, 0.15) is 99.8 Å². The second kappa shape index (κ2) is 15.2. The molecule has 0 bridgehead atoms. The van der Waals surface area contributed by atoms with Crippen LogP contribution < -0.4 is 0 Å². The Morgan fingerprint density at radius 2 is 1.47 bits per heavy atom. The number of hydrogen-bond acceptors (Lipinski definition) is 2. The van der Waals surface area contributed by atoms with Crippen molar-refractivity contribution in [1.29, 1.82) is 5.26 Å². The normalized spacial score (nSPS) is 10.9. The lowest BCUT2D eigenvalue weighted by atomic mass is 9.82. The maximum absolute atomic E-state index is 8.25. The Morgan fingerprint density at radius 3 is 1.94 bits per heavy atom. The van der Waals surface area contributed by atoms with Crippen LogP contribution in [0.2, 0.25) is 6.32 Å². The molecule has 0 N–H and O–H groups in total. The zero-order valence-corrected chi connectivity index (χ0v) is 21.9. The van der Waals surface area contributed by atoms with Crippen molar-refractivity contribution in [2.45, 2.75) is 90.4 Å². The van der Waals surface area contributed by atoms with E-state index in [2.05, 4.69) is 95.1 Å². The molecule has 1 aromatic heterocycles. The van der Waals surface area contributed by atoms with E-state index in [1.54, 1.807) is 12.5 Å². The third-order valence-electron chi connectivity index (χ3n) is 6.32. The first kappa shape index (κ1) is 27.4. The Balaban J connectivity index is 0.000000310. The van der Waals surface area contributed by atoms with Gasteiger partial charge >= 0.3 is 0 Å². The maximum Gasteiger partial charge on any atom is 0.101 e. The van der Waals surface area contributed by atoms with Gasteiger partial charge < -0.3 is 4.57 Å². The van der Waals surface area contributed by atoms with Crippen molar-refractivity contribution < 1.29 is 0 Å². The zero-order valence-electron chi connectivity index (χ0n) is 21.9. The summed E-state index contributed by atoms with van der Waals surface area (Å²) in [6.07, 6.45) is 12.0. The minimum absolute atomic E-state index is 0.521. The van der Waals surface area contributed by atoms with Crippen LogP contribution in [0.5, 0.6) is 0 Å². The molecule has 0 fully saturated rings. The van der Waals surface area contributed by atoms with Crippen LogP contribution in [0, 0.1) is 11.3 Å². The summed E-state index contributed by atoms with van der Waals surface area (Å²) in [6, 6.07) is 20.6. The molecule has 0 spiro atoms. The third-order valence-corrected chi connectivity index (χ3v) is 6.32. The summed E-state index contributed by atoms with van der Waals surface area (Å²) >= 11 is 0. The molecule has 0 aliphatic rings. The van der Waals surface area contributed by atoms with E-state index in [-0.39, 0.29) is 0 Å². The molecule has 0 amide bonds. The monoisotopic (exact) mass is 455 g/mol. The van der Waals surface area contributed by atoms with E-state index in [1.165, 1.54) is 41.4 Å². The highest BCUT2D eigenvalue weighted by atomic mass is 15.0. The highest BCUT2D eigenvalue weighted by molar-refractivity contribution is 6.08. The van der Waals surface area contributed by atoms with E-state index in [0.29, 0.717) is 24.2 Å². The molecule has 34 heavy (non-hydrogen) atoms. The molecule has 3 rings (SSSR count). The van der Waals surface area contributed by atoms with Gasteiger partial charge in [0, 0.05) is 31.3 Å². The Kier molecular flexibility index (Phi) is 12.3. The van der Waals surface area contributed by atoms with Crippen molar-refractivity contribution in [2.75, 3.05) is 0 Å². The van der Waals surface area contributed by atoms with Gasteiger partial charge in [-0.3, -0.25) is 0 Å². The maximum atomic E-state index is 8.25. The van der Waals surface area contributed by atoms with E-state index in [1.807, 2.05) is 10.8 Å². The van der Waals surface area contributed by atoms with Crippen LogP contribution in [0.15, 0.2) is 67.3 Å². The van der Waals surface area contributed by atoms with Crippen LogP contribution in [0.25, 0.3) is 0 Å². The Bertz CT molecular complexity index is 935. The Hall–Kier alpha value is -2.80. The van der Waals surface area contributed by atoms with Crippen molar-refractivity contribution in [1.82, 2.24) is 9.55 Å². The molecule has 4 heteroatoms. The van der Waals surface area contributed by atoms with E-state index < -0.39 is 0 Å². The minimum Gasteiger partial charge on any atom is -0.337 e. The molecule has 3 aromatic rings. The van der Waals surface area contributed by atoms with Gasteiger partial charge in [-0.25, -0.2) is 4.98 Å². The molecule has 0 saturated carbocycles. The fourth-order valence-corrected chi connectivity index (χ4v) is 4.12. The SMILES string of the molecule is BCCCC(c1cccc(C(C)C)c1)c1cccc(C(C)C)c1.N#CCCCCn1ccnc1. The zero-order chi connectivity index (χ0) is 24.8. The van der Waals surface area contributed by atoms with Crippen LogP contribution in [0.3, 0.4) is 0 Å². The second-order valence-corrected chi connectivity index (χ2v) is 9.76. The summed E-state index contributed by atoms with van der Waals surface area (Å²) in [6.45, 7) is 10.1. The van der Waals surface area contributed by atoms with Crippen LogP contribution in [-0.2, 0) is 6.54 Å². The van der Waals surface area contributed by atoms with Crippen LogP contribution in [-0.4, -0.2) is 17.4 Å². The number of aromatic nitrogens is 2. The molecule has 0 aliphatic heterocycles. The number of aryl methyl sites for hydroxylation is 1. The topological polar surface area (TPSA) is 41.6 Å². The molecule has 0 radical (unpaired) electrons. The lowest BCUT2D eigenvalue weighted by Gasteiger charge is -2.21. The molecule has 180 valence electrons. The first-order valence-corrected chi connectivity index (χ1v) is 13.0. The third kappa shape index (κ3) is 9.22. The summed E-state index contributed by atoms with van der Waals surface area (Å²) < 4.78 is 2.03. The fourth-order valence-electron chi connectivity index (χ4n) is 4.12. The predicted molar refractivity (Wildman–Crippen MR) is 147 cm³/mol. The van der Waals surface area contributed by atoms with Crippen molar-refractivity contribution in [3.8, 4) is 6.07 Å². The molecule has 0 unspecified atom stereocenters. The van der Waals surface area contributed by atoms with Crippen LogP contribution in [0.4, 0.5) is 0 Å². The van der Waals surface area contributed by atoms with Gasteiger partial charge in [-0.1, -0.05) is 89.0 Å². The smallest absolute Gasteiger partial charge is 0.101 e.